The summed E-state index contributed by atoms with van der Waals surface area (Å²) in [5.74, 6) is 0. The van der Waals surface area contributed by atoms with E-state index in [2.05, 4.69) is 0 Å². The number of hydrogen-bond donors (Lipinski definition) is 0. The molecular formula is C13H20ClNO2S. The fourth-order valence-corrected chi connectivity index (χ4v) is 2.88. The van der Waals surface area contributed by atoms with E-state index in [0.29, 0.717) is 13.1 Å². The largest absolute Gasteiger partial charge is 0.299 e. The van der Waals surface area contributed by atoms with Crippen LogP contribution in [-0.4, -0.2) is 25.8 Å². The first-order valence-electron chi connectivity index (χ1n) is 6.27. The van der Waals surface area contributed by atoms with E-state index in [1.807, 2.05) is 37.3 Å². The van der Waals surface area contributed by atoms with Crippen molar-refractivity contribution in [3.63, 3.8) is 0 Å². The first-order chi connectivity index (χ1) is 8.54. The molecule has 0 radical (unpaired) electrons. The molecule has 102 valence electrons. The van der Waals surface area contributed by atoms with Crippen LogP contribution in [0.3, 0.4) is 0 Å². The molecule has 0 atom stereocenters. The smallest absolute Gasteiger partial charge is 0.195 e. The van der Waals surface area contributed by atoms with E-state index in [9.17, 15) is 8.42 Å². The maximum absolute atomic E-state index is 11.4. The minimum Gasteiger partial charge on any atom is -0.195 e. The number of halogens is 1. The molecule has 0 N–H and O–H groups in total. The maximum Gasteiger partial charge on any atom is 0.299 e. The number of rotatable bonds is 8. The summed E-state index contributed by atoms with van der Waals surface area (Å²) >= 11 is 0. The molecule has 0 spiro atoms. The van der Waals surface area contributed by atoms with Crippen molar-refractivity contribution in [3.8, 4) is 0 Å². The molecule has 1 aromatic rings. The van der Waals surface area contributed by atoms with Gasteiger partial charge in [-0.2, -0.15) is 12.7 Å². The highest BCUT2D eigenvalue weighted by molar-refractivity contribution is 8.11. The lowest BCUT2D eigenvalue weighted by Crippen LogP contribution is -2.29. The van der Waals surface area contributed by atoms with Gasteiger partial charge in [-0.05, 0) is 24.8 Å². The van der Waals surface area contributed by atoms with Crippen molar-refractivity contribution in [2.75, 3.05) is 13.1 Å². The van der Waals surface area contributed by atoms with Gasteiger partial charge >= 0.3 is 0 Å². The molecule has 18 heavy (non-hydrogen) atoms. The summed E-state index contributed by atoms with van der Waals surface area (Å²) in [4.78, 5) is 0. The van der Waals surface area contributed by atoms with E-state index in [1.165, 1.54) is 9.87 Å². The molecular weight excluding hydrogens is 270 g/mol. The second-order valence-corrected chi connectivity index (χ2v) is 6.79. The molecule has 3 nitrogen and oxygen atoms in total. The number of hydrogen-bond acceptors (Lipinski definition) is 2. The average Bonchev–Trinajstić information content (AvgIpc) is 2.33. The van der Waals surface area contributed by atoms with E-state index in [4.69, 9.17) is 10.7 Å². The van der Waals surface area contributed by atoms with Crippen molar-refractivity contribution in [2.45, 2.75) is 32.6 Å². The SMILES string of the molecule is CCCCN(CCCc1ccccc1)S(=O)(=O)Cl. The van der Waals surface area contributed by atoms with Gasteiger partial charge in [0.05, 0.1) is 0 Å². The molecule has 0 fully saturated rings. The summed E-state index contributed by atoms with van der Waals surface area (Å²) in [6, 6.07) is 10.0. The van der Waals surface area contributed by atoms with Crippen molar-refractivity contribution in [1.82, 2.24) is 4.31 Å². The molecule has 0 aliphatic heterocycles. The van der Waals surface area contributed by atoms with Crippen LogP contribution in [0, 0.1) is 0 Å². The van der Waals surface area contributed by atoms with Gasteiger partial charge in [0.2, 0.25) is 0 Å². The van der Waals surface area contributed by atoms with Crippen LogP contribution in [0.4, 0.5) is 0 Å². The van der Waals surface area contributed by atoms with E-state index < -0.39 is 9.24 Å². The van der Waals surface area contributed by atoms with Crippen LogP contribution in [0.15, 0.2) is 30.3 Å². The molecule has 0 aliphatic carbocycles. The second-order valence-electron chi connectivity index (χ2n) is 4.28. The Balaban J connectivity index is 2.43. The summed E-state index contributed by atoms with van der Waals surface area (Å²) in [5.41, 5.74) is 1.22. The maximum atomic E-state index is 11.4. The molecule has 5 heteroatoms. The zero-order valence-electron chi connectivity index (χ0n) is 10.7. The van der Waals surface area contributed by atoms with E-state index in [0.717, 1.165) is 25.7 Å². The second kappa shape index (κ2) is 7.77. The number of nitrogens with zero attached hydrogens (tertiary/aromatic N) is 1. The van der Waals surface area contributed by atoms with Gasteiger partial charge in [0.25, 0.3) is 9.24 Å². The number of benzene rings is 1. The number of unbranched alkanes of at least 4 members (excludes halogenated alkanes) is 1. The molecule has 0 saturated heterocycles. The minimum atomic E-state index is -3.59. The van der Waals surface area contributed by atoms with E-state index in [-0.39, 0.29) is 0 Å². The normalized spacial score (nSPS) is 11.9. The highest BCUT2D eigenvalue weighted by atomic mass is 35.7. The summed E-state index contributed by atoms with van der Waals surface area (Å²) in [5, 5.41) is 0. The molecule has 0 unspecified atom stereocenters. The third kappa shape index (κ3) is 5.85. The minimum absolute atomic E-state index is 0.487. The standard InChI is InChI=1S/C13H20ClNO2S/c1-2-3-11-15(18(14,16)17)12-7-10-13-8-5-4-6-9-13/h4-6,8-9H,2-3,7,10-12H2,1H3. The molecule has 0 heterocycles. The van der Waals surface area contributed by atoms with Gasteiger partial charge < -0.3 is 0 Å². The topological polar surface area (TPSA) is 37.4 Å². The van der Waals surface area contributed by atoms with Gasteiger partial charge in [0.15, 0.2) is 0 Å². The monoisotopic (exact) mass is 289 g/mol. The van der Waals surface area contributed by atoms with Crippen molar-refractivity contribution in [3.05, 3.63) is 35.9 Å². The molecule has 1 aromatic carbocycles. The van der Waals surface area contributed by atoms with Crippen LogP contribution in [0.2, 0.25) is 0 Å². The fraction of sp³-hybridized carbons (Fsp3) is 0.538. The Labute approximate surface area is 114 Å². The predicted octanol–water partition coefficient (Wildman–Crippen LogP) is 3.20. The first kappa shape index (κ1) is 15.5. The van der Waals surface area contributed by atoms with Crippen LogP contribution in [0.5, 0.6) is 0 Å². The lowest BCUT2D eigenvalue weighted by molar-refractivity contribution is 0.406. The predicted molar refractivity (Wildman–Crippen MR) is 76.0 cm³/mol. The van der Waals surface area contributed by atoms with Gasteiger partial charge in [0.1, 0.15) is 0 Å². The van der Waals surface area contributed by atoms with Gasteiger partial charge in [0, 0.05) is 23.8 Å². The molecule has 0 bridgehead atoms. The van der Waals surface area contributed by atoms with Crippen molar-refractivity contribution in [2.24, 2.45) is 0 Å². The molecule has 0 aliphatic rings. The Morgan fingerprint density at radius 3 is 2.28 bits per heavy atom. The molecule has 0 saturated carbocycles. The van der Waals surface area contributed by atoms with Gasteiger partial charge in [-0.15, -0.1) is 0 Å². The van der Waals surface area contributed by atoms with E-state index >= 15 is 0 Å². The quantitative estimate of drug-likeness (QED) is 0.689. The Hall–Kier alpha value is -0.580. The van der Waals surface area contributed by atoms with Crippen LogP contribution in [-0.2, 0) is 15.7 Å². The van der Waals surface area contributed by atoms with Gasteiger partial charge in [-0.3, -0.25) is 0 Å². The van der Waals surface area contributed by atoms with Crippen LogP contribution in [0.25, 0.3) is 0 Å². The lowest BCUT2D eigenvalue weighted by Gasteiger charge is -2.17. The van der Waals surface area contributed by atoms with E-state index in [1.54, 1.807) is 0 Å². The zero-order valence-corrected chi connectivity index (χ0v) is 12.3. The first-order valence-corrected chi connectivity index (χ1v) is 8.54. The Bertz CT molecular complexity index is 434. The Kier molecular flexibility index (Phi) is 6.68. The van der Waals surface area contributed by atoms with Crippen LogP contribution < -0.4 is 0 Å². The Morgan fingerprint density at radius 2 is 1.72 bits per heavy atom. The van der Waals surface area contributed by atoms with Gasteiger partial charge in [-0.25, -0.2) is 0 Å². The van der Waals surface area contributed by atoms with Gasteiger partial charge in [-0.1, -0.05) is 43.7 Å². The van der Waals surface area contributed by atoms with Crippen molar-refractivity contribution < 1.29 is 8.42 Å². The molecule has 0 aromatic heterocycles. The third-order valence-electron chi connectivity index (χ3n) is 2.79. The summed E-state index contributed by atoms with van der Waals surface area (Å²) in [6.07, 6.45) is 3.47. The van der Waals surface area contributed by atoms with Crippen molar-refractivity contribution >= 4 is 19.9 Å². The van der Waals surface area contributed by atoms with Crippen molar-refractivity contribution in [1.29, 1.82) is 0 Å². The average molecular weight is 290 g/mol. The fourth-order valence-electron chi connectivity index (χ4n) is 1.77. The zero-order chi connectivity index (χ0) is 13.4. The Morgan fingerprint density at radius 1 is 1.11 bits per heavy atom. The van der Waals surface area contributed by atoms with Crippen LogP contribution in [0.1, 0.15) is 31.7 Å². The third-order valence-corrected chi connectivity index (χ3v) is 4.35. The highest BCUT2D eigenvalue weighted by Crippen LogP contribution is 2.11. The highest BCUT2D eigenvalue weighted by Gasteiger charge is 2.17. The summed E-state index contributed by atoms with van der Waals surface area (Å²) in [7, 11) is 1.83. The van der Waals surface area contributed by atoms with Crippen LogP contribution >= 0.6 is 10.7 Å². The number of aryl methyl sites for hydroxylation is 1. The lowest BCUT2D eigenvalue weighted by atomic mass is 10.1. The molecule has 0 amide bonds. The summed E-state index contributed by atoms with van der Waals surface area (Å²) < 4.78 is 24.1. The summed E-state index contributed by atoms with van der Waals surface area (Å²) in [6.45, 7) is 3.03. The molecule has 1 rings (SSSR count).